The van der Waals surface area contributed by atoms with E-state index in [0.717, 1.165) is 38.5 Å². The van der Waals surface area contributed by atoms with Crippen molar-refractivity contribution in [3.63, 3.8) is 0 Å². The Morgan fingerprint density at radius 2 is 1.27 bits per heavy atom. The molecule has 0 N–H and O–H groups in total. The third-order valence-corrected chi connectivity index (χ3v) is 10.8. The van der Waals surface area contributed by atoms with E-state index in [9.17, 15) is 14.4 Å². The number of hydrogen-bond donors (Lipinski definition) is 0. The zero-order chi connectivity index (χ0) is 30.6. The summed E-state index contributed by atoms with van der Waals surface area (Å²) in [5.41, 5.74) is -3.71. The van der Waals surface area contributed by atoms with Gasteiger partial charge in [0.1, 0.15) is 0 Å². The molecular weight excluding hydrogens is 496 g/mol. The van der Waals surface area contributed by atoms with E-state index < -0.39 is 28.1 Å². The molecule has 0 saturated heterocycles. The molecule has 2 bridgehead atoms. The number of ketones is 4. The van der Waals surface area contributed by atoms with Gasteiger partial charge in [-0.25, -0.2) is 0 Å². The first-order valence-electron chi connectivity index (χ1n) is 16.7. The highest BCUT2D eigenvalue weighted by Crippen LogP contribution is 2.67. The maximum absolute atomic E-state index is 15.2. The van der Waals surface area contributed by atoms with E-state index in [4.69, 9.17) is 0 Å². The van der Waals surface area contributed by atoms with Crippen molar-refractivity contribution in [3.8, 4) is 0 Å². The first kappa shape index (κ1) is 34.9. The maximum Gasteiger partial charge on any atom is 0.168 e. The van der Waals surface area contributed by atoms with Crippen molar-refractivity contribution in [1.29, 1.82) is 0 Å². The molecule has 0 aliphatic heterocycles. The molecule has 4 nitrogen and oxygen atoms in total. The van der Waals surface area contributed by atoms with Crippen molar-refractivity contribution in [2.45, 2.75) is 147 Å². The van der Waals surface area contributed by atoms with Crippen LogP contribution in [0.4, 0.5) is 0 Å². The van der Waals surface area contributed by atoms with Crippen LogP contribution < -0.4 is 0 Å². The van der Waals surface area contributed by atoms with Crippen LogP contribution in [-0.4, -0.2) is 23.1 Å². The molecule has 6 atom stereocenters. The fourth-order valence-electron chi connectivity index (χ4n) is 7.91. The molecule has 3 unspecified atom stereocenters. The van der Waals surface area contributed by atoms with Crippen LogP contribution in [0.5, 0.6) is 0 Å². The van der Waals surface area contributed by atoms with E-state index in [0.29, 0.717) is 55.8 Å². The molecular formula is C36H62O4. The van der Waals surface area contributed by atoms with Gasteiger partial charge in [0, 0.05) is 5.92 Å². The molecule has 4 heteroatoms. The average molecular weight is 559 g/mol. The lowest BCUT2D eigenvalue weighted by Crippen LogP contribution is -2.75. The molecule has 0 aromatic carbocycles. The molecule has 2 fully saturated rings. The predicted molar refractivity (Wildman–Crippen MR) is 165 cm³/mol. The Labute approximate surface area is 246 Å². The van der Waals surface area contributed by atoms with Crippen molar-refractivity contribution < 1.29 is 19.2 Å². The lowest BCUT2D eigenvalue weighted by Gasteiger charge is -2.62. The van der Waals surface area contributed by atoms with Crippen LogP contribution in [0.3, 0.4) is 0 Å². The van der Waals surface area contributed by atoms with Gasteiger partial charge in [-0.05, 0) is 86.4 Å². The lowest BCUT2D eigenvalue weighted by atomic mass is 9.35. The third kappa shape index (κ3) is 6.36. The largest absolute Gasteiger partial charge is 0.298 e. The number of rotatable bonds is 16. The van der Waals surface area contributed by atoms with Crippen molar-refractivity contribution in [1.82, 2.24) is 0 Å². The number of Topliss-reactive ketones (excluding diaryl/α,β-unsaturated/α-hetero) is 4. The first-order chi connectivity index (χ1) is 18.5. The minimum Gasteiger partial charge on any atom is -0.298 e. The Kier molecular flexibility index (Phi) is 12.0. The number of hydrogen-bond acceptors (Lipinski definition) is 4. The lowest BCUT2D eigenvalue weighted by molar-refractivity contribution is -0.192. The highest BCUT2D eigenvalue weighted by Gasteiger charge is 2.78. The van der Waals surface area contributed by atoms with Gasteiger partial charge < -0.3 is 0 Å². The summed E-state index contributed by atoms with van der Waals surface area (Å²) in [7, 11) is 0. The normalized spacial score (nSPS) is 31.6. The molecule has 0 heterocycles. The van der Waals surface area contributed by atoms with Gasteiger partial charge in [-0.2, -0.15) is 0 Å². The number of carbonyl (C=O) groups excluding carboxylic acids is 4. The Balaban J connectivity index is 2.93. The summed E-state index contributed by atoms with van der Waals surface area (Å²) in [5, 5.41) is 0. The number of carbonyl (C=O) groups is 4. The molecule has 0 aromatic heterocycles. The van der Waals surface area contributed by atoms with E-state index >= 15 is 4.79 Å². The van der Waals surface area contributed by atoms with Crippen molar-refractivity contribution in [2.75, 3.05) is 0 Å². The summed E-state index contributed by atoms with van der Waals surface area (Å²) in [5.74, 6) is -0.627. The summed E-state index contributed by atoms with van der Waals surface area (Å²) in [6.45, 7) is 23.3. The SMILES string of the molecule is CCC(C)C(=O)[C@]12C(=O)C(CCC(C)C)C(=O)[C@](CCC(C)C)(C[C@H](CCC(C)C)C1(C)CCCC(C)C)C2=O. The summed E-state index contributed by atoms with van der Waals surface area (Å²) in [6, 6.07) is 0. The minimum atomic E-state index is -1.72. The summed E-state index contributed by atoms with van der Waals surface area (Å²) in [6.07, 6.45) is 7.85. The van der Waals surface area contributed by atoms with Crippen LogP contribution in [0.1, 0.15) is 147 Å². The molecule has 40 heavy (non-hydrogen) atoms. The van der Waals surface area contributed by atoms with Gasteiger partial charge in [0.15, 0.2) is 28.5 Å². The van der Waals surface area contributed by atoms with Gasteiger partial charge in [0.25, 0.3) is 0 Å². The zero-order valence-electron chi connectivity index (χ0n) is 28.0. The van der Waals surface area contributed by atoms with Crippen molar-refractivity contribution in [3.05, 3.63) is 0 Å². The molecule has 230 valence electrons. The second-order valence-electron chi connectivity index (χ2n) is 15.6. The van der Waals surface area contributed by atoms with E-state index in [1.165, 1.54) is 0 Å². The van der Waals surface area contributed by atoms with Crippen LogP contribution in [0, 0.1) is 57.7 Å². The molecule has 0 radical (unpaired) electrons. The first-order valence-corrected chi connectivity index (χ1v) is 16.7. The number of fused-ring (bicyclic) bond motifs is 2. The second-order valence-corrected chi connectivity index (χ2v) is 15.6. The Hall–Kier alpha value is -1.32. The van der Waals surface area contributed by atoms with E-state index in [1.807, 2.05) is 13.8 Å². The Morgan fingerprint density at radius 3 is 1.77 bits per heavy atom. The third-order valence-electron chi connectivity index (χ3n) is 10.8. The van der Waals surface area contributed by atoms with Gasteiger partial charge in [-0.15, -0.1) is 0 Å². The molecule has 0 spiro atoms. The van der Waals surface area contributed by atoms with Gasteiger partial charge in [0.2, 0.25) is 0 Å². The smallest absolute Gasteiger partial charge is 0.168 e. The van der Waals surface area contributed by atoms with Crippen LogP contribution in [0.2, 0.25) is 0 Å². The quantitative estimate of drug-likeness (QED) is 0.177. The topological polar surface area (TPSA) is 68.3 Å². The monoisotopic (exact) mass is 558 g/mol. The van der Waals surface area contributed by atoms with Gasteiger partial charge >= 0.3 is 0 Å². The maximum atomic E-state index is 15.2. The standard InChI is InChI=1S/C36H62O4/c1-12-27(10)30(37)36-32(39)29(18-16-25(6)7)31(38)35(33(36)40,21-19-26(8)9)22-28(17-15-24(4)5)34(36,11)20-13-14-23(2)3/h23-29H,12-22H2,1-11H3/t27?,28-,29?,34?,35-,36+/m0/s1. The van der Waals surface area contributed by atoms with Crippen molar-refractivity contribution >= 4 is 23.1 Å². The molecule has 0 amide bonds. The predicted octanol–water partition coefficient (Wildman–Crippen LogP) is 9.07. The summed E-state index contributed by atoms with van der Waals surface area (Å²) < 4.78 is 0. The fourth-order valence-corrected chi connectivity index (χ4v) is 7.91. The molecule has 2 rings (SSSR count). The van der Waals surface area contributed by atoms with Gasteiger partial charge in [-0.3, -0.25) is 19.2 Å². The van der Waals surface area contributed by atoms with E-state index in [2.05, 4.69) is 62.3 Å². The molecule has 2 saturated carbocycles. The molecule has 0 aromatic rings. The van der Waals surface area contributed by atoms with Crippen LogP contribution >= 0.6 is 0 Å². The van der Waals surface area contributed by atoms with Crippen LogP contribution in [0.15, 0.2) is 0 Å². The second kappa shape index (κ2) is 13.8. The summed E-state index contributed by atoms with van der Waals surface area (Å²) >= 11 is 0. The van der Waals surface area contributed by atoms with Gasteiger partial charge in [-0.1, -0.05) is 95.4 Å². The van der Waals surface area contributed by atoms with Crippen LogP contribution in [-0.2, 0) is 19.2 Å². The zero-order valence-corrected chi connectivity index (χ0v) is 28.0. The van der Waals surface area contributed by atoms with E-state index in [1.54, 1.807) is 0 Å². The minimum absolute atomic E-state index is 0.0149. The highest BCUT2D eigenvalue weighted by molar-refractivity contribution is 6.38. The van der Waals surface area contributed by atoms with Gasteiger partial charge in [0.05, 0.1) is 11.3 Å². The molecule has 2 aliphatic carbocycles. The Bertz CT molecular complexity index is 914. The highest BCUT2D eigenvalue weighted by atomic mass is 16.2. The average Bonchev–Trinajstić information content (AvgIpc) is 2.86. The van der Waals surface area contributed by atoms with Crippen molar-refractivity contribution in [2.24, 2.45) is 57.7 Å². The molecule has 2 aliphatic rings. The Morgan fingerprint density at radius 1 is 0.750 bits per heavy atom. The fraction of sp³-hybridized carbons (Fsp3) is 0.889. The van der Waals surface area contributed by atoms with E-state index in [-0.39, 0.29) is 29.1 Å². The summed E-state index contributed by atoms with van der Waals surface area (Å²) in [4.78, 5) is 59.5. The van der Waals surface area contributed by atoms with Crippen LogP contribution in [0.25, 0.3) is 0 Å².